The first-order chi connectivity index (χ1) is 10.5. The van der Waals surface area contributed by atoms with E-state index in [2.05, 4.69) is 41.3 Å². The van der Waals surface area contributed by atoms with Crippen LogP contribution in [-0.4, -0.2) is 10.9 Å². The van der Waals surface area contributed by atoms with Gasteiger partial charge in [-0.05, 0) is 61.6 Å². The Balaban J connectivity index is 2.10. The van der Waals surface area contributed by atoms with E-state index >= 15 is 0 Å². The van der Waals surface area contributed by atoms with Gasteiger partial charge in [0, 0.05) is 11.4 Å². The second kappa shape index (κ2) is 7.07. The number of hydrogen-bond acceptors (Lipinski definition) is 2. The fourth-order valence-corrected chi connectivity index (χ4v) is 2.31. The molecule has 1 unspecified atom stereocenters. The summed E-state index contributed by atoms with van der Waals surface area (Å²) < 4.78 is 0. The minimum Gasteiger partial charge on any atom is -0.369 e. The average Bonchev–Trinajstić information content (AvgIpc) is 2.46. The van der Waals surface area contributed by atoms with Crippen molar-refractivity contribution in [2.75, 3.05) is 5.32 Å². The molecule has 4 nitrogen and oxygen atoms in total. The number of anilines is 1. The molecule has 2 aromatic rings. The monoisotopic (exact) mass is 296 g/mol. The number of hydrogen-bond donors (Lipinski definition) is 2. The molecule has 0 saturated heterocycles. The van der Waals surface area contributed by atoms with E-state index < -0.39 is 0 Å². The number of guanidine groups is 1. The smallest absolute Gasteiger partial charge is 0.199 e. The van der Waals surface area contributed by atoms with Crippen LogP contribution in [0.1, 0.15) is 43.0 Å². The highest BCUT2D eigenvalue weighted by Gasteiger charge is 2.03. The third-order valence-corrected chi connectivity index (χ3v) is 3.68. The highest BCUT2D eigenvalue weighted by molar-refractivity contribution is 5.93. The molecule has 1 atom stereocenters. The molecule has 0 amide bonds. The summed E-state index contributed by atoms with van der Waals surface area (Å²) in [6.07, 6.45) is 1.13. The summed E-state index contributed by atoms with van der Waals surface area (Å²) in [4.78, 5) is 8.68. The molecule has 0 aliphatic carbocycles. The number of nitrogens with two attached hydrogens (primary N) is 1. The minimum absolute atomic E-state index is 0.341. The van der Waals surface area contributed by atoms with Crippen molar-refractivity contribution >= 4 is 17.5 Å². The average molecular weight is 296 g/mol. The fourth-order valence-electron chi connectivity index (χ4n) is 2.31. The van der Waals surface area contributed by atoms with E-state index in [4.69, 9.17) is 5.73 Å². The predicted molar refractivity (Wildman–Crippen MR) is 93.8 cm³/mol. The Labute approximate surface area is 132 Å². The lowest BCUT2D eigenvalue weighted by atomic mass is 9.99. The number of aliphatic imine (C=N–C) groups is 1. The Kier molecular flexibility index (Phi) is 5.15. The second-order valence-corrected chi connectivity index (χ2v) is 5.70. The standard InChI is InChI=1S/C18H24N4/c1-5-13(3)15-6-8-16(9-7-15)21-18(19)22-17-11-12(2)10-14(4)20-17/h6-11,13H,5H2,1-4H3,(H3,19,20,21,22). The van der Waals surface area contributed by atoms with Gasteiger partial charge in [0.1, 0.15) is 0 Å². The summed E-state index contributed by atoms with van der Waals surface area (Å²) in [5.41, 5.74) is 10.3. The van der Waals surface area contributed by atoms with Crippen LogP contribution in [0.15, 0.2) is 41.4 Å². The first-order valence-electron chi connectivity index (χ1n) is 7.64. The Morgan fingerprint density at radius 2 is 1.91 bits per heavy atom. The SMILES string of the molecule is CCC(C)c1ccc(N/C(N)=N/c2cc(C)cc(C)n2)cc1. The molecule has 0 saturated carbocycles. The highest BCUT2D eigenvalue weighted by atomic mass is 15.1. The zero-order valence-corrected chi connectivity index (χ0v) is 13.7. The lowest BCUT2D eigenvalue weighted by Crippen LogP contribution is -2.22. The first kappa shape index (κ1) is 16.0. The molecule has 3 N–H and O–H groups in total. The van der Waals surface area contributed by atoms with E-state index in [1.54, 1.807) is 0 Å². The van der Waals surface area contributed by atoms with Crippen LogP contribution < -0.4 is 11.1 Å². The maximum atomic E-state index is 5.96. The molecule has 116 valence electrons. The van der Waals surface area contributed by atoms with Crippen LogP contribution in [0.25, 0.3) is 0 Å². The van der Waals surface area contributed by atoms with Crippen molar-refractivity contribution in [3.8, 4) is 0 Å². The number of aryl methyl sites for hydroxylation is 2. The van der Waals surface area contributed by atoms with Gasteiger partial charge in [0.2, 0.25) is 0 Å². The summed E-state index contributed by atoms with van der Waals surface area (Å²) in [5, 5.41) is 3.10. The molecule has 22 heavy (non-hydrogen) atoms. The van der Waals surface area contributed by atoms with Gasteiger partial charge in [-0.2, -0.15) is 4.99 Å². The molecular formula is C18H24N4. The van der Waals surface area contributed by atoms with Crippen LogP contribution in [0, 0.1) is 13.8 Å². The van der Waals surface area contributed by atoms with Crippen LogP contribution in [0.5, 0.6) is 0 Å². The molecule has 0 aliphatic rings. The second-order valence-electron chi connectivity index (χ2n) is 5.70. The van der Waals surface area contributed by atoms with Crippen molar-refractivity contribution in [3.05, 3.63) is 53.2 Å². The maximum absolute atomic E-state index is 5.96. The molecule has 0 radical (unpaired) electrons. The van der Waals surface area contributed by atoms with Crippen molar-refractivity contribution in [3.63, 3.8) is 0 Å². The van der Waals surface area contributed by atoms with Gasteiger partial charge in [0.05, 0.1) is 0 Å². The molecule has 0 spiro atoms. The van der Waals surface area contributed by atoms with E-state index in [0.717, 1.165) is 23.4 Å². The Hall–Kier alpha value is -2.36. The van der Waals surface area contributed by atoms with Crippen molar-refractivity contribution in [2.24, 2.45) is 10.7 Å². The molecule has 1 heterocycles. The van der Waals surface area contributed by atoms with Gasteiger partial charge in [-0.25, -0.2) is 4.98 Å². The van der Waals surface area contributed by atoms with Gasteiger partial charge in [-0.3, -0.25) is 0 Å². The first-order valence-corrected chi connectivity index (χ1v) is 7.64. The van der Waals surface area contributed by atoms with Crippen LogP contribution in [0.3, 0.4) is 0 Å². The van der Waals surface area contributed by atoms with Crippen LogP contribution >= 0.6 is 0 Å². The summed E-state index contributed by atoms with van der Waals surface area (Å²) in [6, 6.07) is 12.2. The topological polar surface area (TPSA) is 63.3 Å². The Morgan fingerprint density at radius 1 is 1.23 bits per heavy atom. The van der Waals surface area contributed by atoms with E-state index in [1.807, 2.05) is 38.1 Å². The summed E-state index contributed by atoms with van der Waals surface area (Å²) in [6.45, 7) is 8.39. The number of benzene rings is 1. The number of nitrogens with one attached hydrogen (secondary N) is 1. The lowest BCUT2D eigenvalue weighted by molar-refractivity contribution is 0.734. The van der Waals surface area contributed by atoms with Crippen molar-refractivity contribution in [2.45, 2.75) is 40.0 Å². The summed E-state index contributed by atoms with van der Waals surface area (Å²) in [7, 11) is 0. The van der Waals surface area contributed by atoms with Gasteiger partial charge >= 0.3 is 0 Å². The quantitative estimate of drug-likeness (QED) is 0.654. The summed E-state index contributed by atoms with van der Waals surface area (Å²) >= 11 is 0. The Bertz CT molecular complexity index is 639. The van der Waals surface area contributed by atoms with Gasteiger partial charge in [0.15, 0.2) is 11.8 Å². The molecular weight excluding hydrogens is 272 g/mol. The van der Waals surface area contributed by atoms with Crippen molar-refractivity contribution in [1.29, 1.82) is 0 Å². The maximum Gasteiger partial charge on any atom is 0.199 e. The minimum atomic E-state index is 0.341. The molecule has 2 rings (SSSR count). The molecule has 1 aromatic heterocycles. The molecule has 4 heteroatoms. The highest BCUT2D eigenvalue weighted by Crippen LogP contribution is 2.20. The number of aromatic nitrogens is 1. The van der Waals surface area contributed by atoms with Gasteiger partial charge in [0.25, 0.3) is 0 Å². The van der Waals surface area contributed by atoms with Crippen molar-refractivity contribution in [1.82, 2.24) is 4.98 Å². The van der Waals surface area contributed by atoms with E-state index in [-0.39, 0.29) is 0 Å². The third-order valence-electron chi connectivity index (χ3n) is 3.68. The van der Waals surface area contributed by atoms with E-state index in [1.165, 1.54) is 5.56 Å². The van der Waals surface area contributed by atoms with Crippen LogP contribution in [-0.2, 0) is 0 Å². The van der Waals surface area contributed by atoms with E-state index in [0.29, 0.717) is 17.7 Å². The normalized spacial score (nSPS) is 13.0. The largest absolute Gasteiger partial charge is 0.369 e. The zero-order chi connectivity index (χ0) is 16.1. The predicted octanol–water partition coefficient (Wildman–Crippen LogP) is 4.27. The Morgan fingerprint density at radius 3 is 2.50 bits per heavy atom. The van der Waals surface area contributed by atoms with Gasteiger partial charge < -0.3 is 11.1 Å². The summed E-state index contributed by atoms with van der Waals surface area (Å²) in [5.74, 6) is 1.53. The lowest BCUT2D eigenvalue weighted by Gasteiger charge is -2.10. The van der Waals surface area contributed by atoms with Crippen LogP contribution in [0.2, 0.25) is 0 Å². The molecule has 1 aromatic carbocycles. The molecule has 0 bridgehead atoms. The van der Waals surface area contributed by atoms with Crippen molar-refractivity contribution < 1.29 is 0 Å². The number of nitrogens with zero attached hydrogens (tertiary/aromatic N) is 2. The molecule has 0 fully saturated rings. The molecule has 0 aliphatic heterocycles. The number of pyridine rings is 1. The fraction of sp³-hybridized carbons (Fsp3) is 0.333. The number of rotatable bonds is 4. The third kappa shape index (κ3) is 4.32. The van der Waals surface area contributed by atoms with Gasteiger partial charge in [-0.1, -0.05) is 26.0 Å². The van der Waals surface area contributed by atoms with Crippen LogP contribution in [0.4, 0.5) is 11.5 Å². The zero-order valence-electron chi connectivity index (χ0n) is 13.7. The van der Waals surface area contributed by atoms with E-state index in [9.17, 15) is 0 Å². The van der Waals surface area contributed by atoms with Gasteiger partial charge in [-0.15, -0.1) is 0 Å².